The van der Waals surface area contributed by atoms with Crippen molar-refractivity contribution < 1.29 is 9.59 Å². The van der Waals surface area contributed by atoms with Crippen LogP contribution in [0.5, 0.6) is 0 Å². The number of amides is 2. The molecule has 8 heteroatoms. The van der Waals surface area contributed by atoms with E-state index in [1.807, 2.05) is 20.8 Å². The highest BCUT2D eigenvalue weighted by Gasteiger charge is 2.43. The zero-order valence-corrected chi connectivity index (χ0v) is 15.7. The molecule has 1 aliphatic carbocycles. The van der Waals surface area contributed by atoms with Crippen LogP contribution in [0.15, 0.2) is 12.3 Å². The zero-order chi connectivity index (χ0) is 18.7. The number of hydrogen-bond acceptors (Lipinski definition) is 5. The second-order valence-corrected chi connectivity index (χ2v) is 6.81. The Balaban J connectivity index is 1.89. The van der Waals surface area contributed by atoms with Gasteiger partial charge in [-0.2, -0.15) is 4.98 Å². The Morgan fingerprint density at radius 1 is 1.23 bits per heavy atom. The third-order valence-corrected chi connectivity index (χ3v) is 5.15. The van der Waals surface area contributed by atoms with Crippen LogP contribution in [-0.4, -0.2) is 54.9 Å². The molecule has 0 aliphatic heterocycles. The van der Waals surface area contributed by atoms with Gasteiger partial charge in [0.05, 0.1) is 0 Å². The summed E-state index contributed by atoms with van der Waals surface area (Å²) in [7, 11) is 0. The number of carbonyl (C=O) groups excluding carboxylic acids is 2. The van der Waals surface area contributed by atoms with E-state index in [1.165, 1.54) is 4.52 Å². The van der Waals surface area contributed by atoms with E-state index in [0.717, 1.165) is 25.0 Å². The summed E-state index contributed by atoms with van der Waals surface area (Å²) in [6, 6.07) is 1.80. The van der Waals surface area contributed by atoms with Gasteiger partial charge in [0.2, 0.25) is 11.7 Å². The van der Waals surface area contributed by atoms with E-state index in [4.69, 9.17) is 0 Å². The molecule has 1 saturated carbocycles. The molecule has 1 fully saturated rings. The maximum Gasteiger partial charge on any atom is 0.291 e. The Labute approximate surface area is 153 Å². The second-order valence-electron chi connectivity index (χ2n) is 6.81. The minimum Gasteiger partial charge on any atom is -0.341 e. The third-order valence-electron chi connectivity index (χ3n) is 5.15. The van der Waals surface area contributed by atoms with Crippen LogP contribution in [-0.2, 0) is 4.79 Å². The quantitative estimate of drug-likeness (QED) is 0.879. The molecule has 0 saturated heterocycles. The molecule has 8 nitrogen and oxygen atoms in total. The molecule has 0 unspecified atom stereocenters. The predicted molar refractivity (Wildman–Crippen MR) is 96.7 cm³/mol. The molecular weight excluding hydrogens is 332 g/mol. The lowest BCUT2D eigenvalue weighted by molar-refractivity contribution is -0.139. The highest BCUT2D eigenvalue weighted by atomic mass is 16.2. The maximum atomic E-state index is 13.1. The maximum absolute atomic E-state index is 13.1. The number of aromatic nitrogens is 4. The highest BCUT2D eigenvalue weighted by Crippen LogP contribution is 2.30. The van der Waals surface area contributed by atoms with Gasteiger partial charge in [-0.05, 0) is 39.7 Å². The molecule has 2 aromatic heterocycles. The number of rotatable bonds is 5. The van der Waals surface area contributed by atoms with Gasteiger partial charge >= 0.3 is 0 Å². The Morgan fingerprint density at radius 3 is 2.54 bits per heavy atom. The first-order valence-electron chi connectivity index (χ1n) is 9.31. The molecule has 2 aromatic rings. The van der Waals surface area contributed by atoms with Crippen LogP contribution in [0.4, 0.5) is 0 Å². The number of carbonyl (C=O) groups is 2. The first kappa shape index (κ1) is 18.3. The molecule has 1 aliphatic rings. The minimum absolute atomic E-state index is 0.00591. The molecular formula is C18H26N6O2. The molecule has 140 valence electrons. The molecule has 3 rings (SSSR count). The van der Waals surface area contributed by atoms with E-state index >= 15 is 0 Å². The minimum atomic E-state index is -0.860. The fraction of sp³-hybridized carbons (Fsp3) is 0.611. The average molecular weight is 358 g/mol. The van der Waals surface area contributed by atoms with Crippen molar-refractivity contribution in [3.05, 3.63) is 23.8 Å². The van der Waals surface area contributed by atoms with Crippen LogP contribution in [0.25, 0.3) is 5.78 Å². The molecule has 2 amide bonds. The molecule has 1 N–H and O–H groups in total. The standard InChI is InChI=1S/C18H26N6O2/c1-4-23(5-2)16(26)18(10-7-6-8-11-18)21-15(25)14-20-17-19-12-9-13(3)24(17)22-14/h9,12H,4-8,10-11H2,1-3H3,(H,21,25). The third kappa shape index (κ3) is 3.27. The van der Waals surface area contributed by atoms with E-state index in [-0.39, 0.29) is 11.7 Å². The molecule has 0 spiro atoms. The first-order chi connectivity index (χ1) is 12.5. The van der Waals surface area contributed by atoms with Gasteiger partial charge in [-0.15, -0.1) is 5.10 Å². The van der Waals surface area contributed by atoms with E-state index in [2.05, 4.69) is 20.4 Å². The van der Waals surface area contributed by atoms with Crippen molar-refractivity contribution >= 4 is 17.6 Å². The fourth-order valence-corrected chi connectivity index (χ4v) is 3.64. The molecule has 0 aromatic carbocycles. The lowest BCUT2D eigenvalue weighted by Crippen LogP contribution is -2.60. The topological polar surface area (TPSA) is 92.5 Å². The summed E-state index contributed by atoms with van der Waals surface area (Å²) >= 11 is 0. The lowest BCUT2D eigenvalue weighted by Gasteiger charge is -2.39. The summed E-state index contributed by atoms with van der Waals surface area (Å²) in [4.78, 5) is 36.1. The highest BCUT2D eigenvalue weighted by molar-refractivity contribution is 5.97. The Kier molecular flexibility index (Phi) is 5.20. The summed E-state index contributed by atoms with van der Waals surface area (Å²) in [5, 5.41) is 7.24. The van der Waals surface area contributed by atoms with Gasteiger partial charge in [-0.3, -0.25) is 9.59 Å². The van der Waals surface area contributed by atoms with Crippen molar-refractivity contribution in [2.24, 2.45) is 0 Å². The fourth-order valence-electron chi connectivity index (χ4n) is 3.64. The number of likely N-dealkylation sites (N-methyl/N-ethyl adjacent to an activating group) is 1. The van der Waals surface area contributed by atoms with E-state index in [9.17, 15) is 9.59 Å². The SMILES string of the molecule is CCN(CC)C(=O)C1(NC(=O)c2nc3nccc(C)n3n2)CCCCC1. The van der Waals surface area contributed by atoms with Crippen LogP contribution in [0, 0.1) is 6.92 Å². The average Bonchev–Trinajstić information content (AvgIpc) is 3.09. The van der Waals surface area contributed by atoms with Gasteiger partial charge in [-0.25, -0.2) is 9.50 Å². The smallest absolute Gasteiger partial charge is 0.291 e. The Morgan fingerprint density at radius 2 is 1.92 bits per heavy atom. The molecule has 2 heterocycles. The number of nitrogens with one attached hydrogen (secondary N) is 1. The van der Waals surface area contributed by atoms with Crippen LogP contribution in [0.1, 0.15) is 62.3 Å². The summed E-state index contributed by atoms with van der Waals surface area (Å²) in [5.41, 5.74) is -0.0189. The van der Waals surface area contributed by atoms with Crippen LogP contribution < -0.4 is 5.32 Å². The van der Waals surface area contributed by atoms with Gasteiger partial charge in [0.25, 0.3) is 11.7 Å². The van der Waals surface area contributed by atoms with Gasteiger partial charge in [0, 0.05) is 25.0 Å². The lowest BCUT2D eigenvalue weighted by atomic mass is 9.80. The summed E-state index contributed by atoms with van der Waals surface area (Å²) < 4.78 is 1.54. The number of aryl methyl sites for hydroxylation is 1. The van der Waals surface area contributed by atoms with E-state index in [0.29, 0.717) is 31.7 Å². The zero-order valence-electron chi connectivity index (χ0n) is 15.7. The number of hydrogen-bond donors (Lipinski definition) is 1. The Hall–Kier alpha value is -2.51. The van der Waals surface area contributed by atoms with E-state index in [1.54, 1.807) is 17.2 Å². The second kappa shape index (κ2) is 7.39. The van der Waals surface area contributed by atoms with Crippen molar-refractivity contribution in [3.63, 3.8) is 0 Å². The van der Waals surface area contributed by atoms with Crippen molar-refractivity contribution in [2.45, 2.75) is 58.4 Å². The monoisotopic (exact) mass is 358 g/mol. The largest absolute Gasteiger partial charge is 0.341 e. The number of nitrogens with zero attached hydrogens (tertiary/aromatic N) is 5. The summed E-state index contributed by atoms with van der Waals surface area (Å²) in [5.74, 6) is -0.00191. The van der Waals surface area contributed by atoms with Crippen molar-refractivity contribution in [2.75, 3.05) is 13.1 Å². The van der Waals surface area contributed by atoms with Gasteiger partial charge < -0.3 is 10.2 Å². The van der Waals surface area contributed by atoms with E-state index < -0.39 is 11.4 Å². The molecule has 0 atom stereocenters. The first-order valence-corrected chi connectivity index (χ1v) is 9.31. The molecule has 0 radical (unpaired) electrons. The normalized spacial score (nSPS) is 16.4. The van der Waals surface area contributed by atoms with Crippen LogP contribution in [0.3, 0.4) is 0 Å². The van der Waals surface area contributed by atoms with Crippen molar-refractivity contribution in [1.29, 1.82) is 0 Å². The Bertz CT molecular complexity index is 805. The van der Waals surface area contributed by atoms with Crippen LogP contribution in [0.2, 0.25) is 0 Å². The van der Waals surface area contributed by atoms with Crippen molar-refractivity contribution in [1.82, 2.24) is 29.8 Å². The van der Waals surface area contributed by atoms with Gasteiger partial charge in [0.15, 0.2) is 0 Å². The van der Waals surface area contributed by atoms with Gasteiger partial charge in [0.1, 0.15) is 5.54 Å². The van der Waals surface area contributed by atoms with Crippen LogP contribution >= 0.6 is 0 Å². The summed E-state index contributed by atoms with van der Waals surface area (Å²) in [6.45, 7) is 7.04. The van der Waals surface area contributed by atoms with Crippen molar-refractivity contribution in [3.8, 4) is 0 Å². The summed E-state index contributed by atoms with van der Waals surface area (Å²) in [6.07, 6.45) is 5.86. The van der Waals surface area contributed by atoms with Gasteiger partial charge in [-0.1, -0.05) is 19.3 Å². The molecule has 0 bridgehead atoms. The number of fused-ring (bicyclic) bond motifs is 1. The molecule has 26 heavy (non-hydrogen) atoms. The predicted octanol–water partition coefficient (Wildman–Crippen LogP) is 1.73.